The van der Waals surface area contributed by atoms with Crippen molar-refractivity contribution in [2.24, 2.45) is 0 Å². The van der Waals surface area contributed by atoms with Gasteiger partial charge >= 0.3 is 6.03 Å². The highest BCUT2D eigenvalue weighted by molar-refractivity contribution is 6.42. The first-order valence-electron chi connectivity index (χ1n) is 9.26. The predicted octanol–water partition coefficient (Wildman–Crippen LogP) is 4.07. The molecule has 1 fully saturated rings. The molecule has 0 spiro atoms. The minimum atomic E-state index is -0.704. The van der Waals surface area contributed by atoms with Gasteiger partial charge in [-0.3, -0.25) is 14.5 Å². The Morgan fingerprint density at radius 3 is 2.55 bits per heavy atom. The van der Waals surface area contributed by atoms with E-state index in [0.717, 1.165) is 11.1 Å². The van der Waals surface area contributed by atoms with Crippen LogP contribution in [0, 0.1) is 0 Å². The molecule has 2 N–H and O–H groups in total. The highest BCUT2D eigenvalue weighted by Crippen LogP contribution is 2.25. The van der Waals surface area contributed by atoms with E-state index in [4.69, 9.17) is 23.2 Å². The van der Waals surface area contributed by atoms with E-state index in [1.165, 1.54) is 4.90 Å². The smallest absolute Gasteiger partial charge is 0.325 e. The molecule has 2 aromatic rings. The Kier molecular flexibility index (Phi) is 6.77. The van der Waals surface area contributed by atoms with Crippen molar-refractivity contribution < 1.29 is 14.4 Å². The van der Waals surface area contributed by atoms with Gasteiger partial charge in [0.25, 0.3) is 5.91 Å². The largest absolute Gasteiger partial charge is 0.352 e. The lowest BCUT2D eigenvalue weighted by Gasteiger charge is -2.21. The Bertz CT molecular complexity index is 921. The van der Waals surface area contributed by atoms with Gasteiger partial charge in [-0.1, -0.05) is 59.6 Å². The van der Waals surface area contributed by atoms with Gasteiger partial charge in [0.15, 0.2) is 0 Å². The van der Waals surface area contributed by atoms with Crippen molar-refractivity contribution in [1.29, 1.82) is 0 Å². The van der Waals surface area contributed by atoms with E-state index in [2.05, 4.69) is 10.6 Å². The summed E-state index contributed by atoms with van der Waals surface area (Å²) < 4.78 is 0. The van der Waals surface area contributed by atoms with E-state index in [9.17, 15) is 14.4 Å². The molecule has 0 bridgehead atoms. The van der Waals surface area contributed by atoms with Crippen molar-refractivity contribution >= 4 is 41.0 Å². The van der Waals surface area contributed by atoms with Crippen LogP contribution in [0.5, 0.6) is 0 Å². The van der Waals surface area contributed by atoms with Crippen molar-refractivity contribution in [3.63, 3.8) is 0 Å². The molecule has 1 aliphatic rings. The molecular formula is C21H21Cl2N3O3. The molecule has 2 aromatic carbocycles. The Labute approximate surface area is 179 Å². The number of nitrogens with zero attached hydrogens (tertiary/aromatic N) is 1. The standard InChI is InChI=1S/C21H21Cl2N3O3/c1-13(15-5-3-2-4-6-15)26-20(28)18(25-21(26)29)9-10-19(27)24-12-14-7-8-16(22)17(23)11-14/h2-8,11,13,18H,9-10,12H2,1H3,(H,24,27)(H,25,29)/t13-,18-/m1/s1. The summed E-state index contributed by atoms with van der Waals surface area (Å²) in [6.07, 6.45) is 0.349. The highest BCUT2D eigenvalue weighted by atomic mass is 35.5. The third-order valence-corrected chi connectivity index (χ3v) is 5.59. The molecule has 29 heavy (non-hydrogen) atoms. The van der Waals surface area contributed by atoms with Crippen LogP contribution in [0.4, 0.5) is 4.79 Å². The van der Waals surface area contributed by atoms with Gasteiger partial charge in [-0.25, -0.2) is 4.79 Å². The van der Waals surface area contributed by atoms with Gasteiger partial charge in [-0.2, -0.15) is 0 Å². The van der Waals surface area contributed by atoms with E-state index in [1.807, 2.05) is 30.3 Å². The number of carbonyl (C=O) groups excluding carboxylic acids is 3. The van der Waals surface area contributed by atoms with Crippen LogP contribution in [0.15, 0.2) is 48.5 Å². The quantitative estimate of drug-likeness (QED) is 0.645. The highest BCUT2D eigenvalue weighted by Gasteiger charge is 2.40. The van der Waals surface area contributed by atoms with Crippen molar-refractivity contribution in [1.82, 2.24) is 15.5 Å². The molecule has 1 aliphatic heterocycles. The normalized spacial score (nSPS) is 17.2. The van der Waals surface area contributed by atoms with Crippen LogP contribution in [-0.2, 0) is 16.1 Å². The number of nitrogens with one attached hydrogen (secondary N) is 2. The molecule has 4 amide bonds. The topological polar surface area (TPSA) is 78.5 Å². The zero-order valence-corrected chi connectivity index (χ0v) is 17.3. The number of hydrogen-bond acceptors (Lipinski definition) is 3. The molecule has 2 atom stereocenters. The number of benzene rings is 2. The molecule has 0 radical (unpaired) electrons. The first-order chi connectivity index (χ1) is 13.9. The monoisotopic (exact) mass is 433 g/mol. The predicted molar refractivity (Wildman–Crippen MR) is 112 cm³/mol. The van der Waals surface area contributed by atoms with E-state index in [0.29, 0.717) is 16.6 Å². The molecule has 0 saturated carbocycles. The van der Waals surface area contributed by atoms with Gasteiger partial charge in [0.1, 0.15) is 6.04 Å². The molecule has 0 unspecified atom stereocenters. The van der Waals surface area contributed by atoms with Crippen LogP contribution in [-0.4, -0.2) is 28.8 Å². The third-order valence-electron chi connectivity index (χ3n) is 4.86. The summed E-state index contributed by atoms with van der Waals surface area (Å²) in [6.45, 7) is 2.11. The fraction of sp³-hybridized carbons (Fsp3) is 0.286. The summed E-state index contributed by atoms with van der Waals surface area (Å²) in [5, 5.41) is 6.32. The number of imide groups is 1. The summed E-state index contributed by atoms with van der Waals surface area (Å²) in [6, 6.07) is 13.0. The van der Waals surface area contributed by atoms with Crippen molar-refractivity contribution in [2.45, 2.75) is 38.4 Å². The Hall–Kier alpha value is -2.57. The van der Waals surface area contributed by atoms with Crippen molar-refractivity contribution in [2.75, 3.05) is 0 Å². The van der Waals surface area contributed by atoms with Gasteiger partial charge < -0.3 is 10.6 Å². The van der Waals surface area contributed by atoms with E-state index < -0.39 is 12.1 Å². The Morgan fingerprint density at radius 1 is 1.14 bits per heavy atom. The lowest BCUT2D eigenvalue weighted by molar-refractivity contribution is -0.129. The van der Waals surface area contributed by atoms with Gasteiger partial charge in [0.2, 0.25) is 5.91 Å². The van der Waals surface area contributed by atoms with Crippen LogP contribution >= 0.6 is 23.2 Å². The lowest BCUT2D eigenvalue weighted by atomic mass is 10.1. The van der Waals surface area contributed by atoms with E-state index in [-0.39, 0.29) is 30.7 Å². The molecule has 0 aliphatic carbocycles. The number of hydrogen-bond donors (Lipinski definition) is 2. The van der Waals surface area contributed by atoms with E-state index >= 15 is 0 Å². The third kappa shape index (κ3) is 5.08. The first-order valence-corrected chi connectivity index (χ1v) is 10.0. The molecule has 8 heteroatoms. The summed E-state index contributed by atoms with van der Waals surface area (Å²) >= 11 is 11.8. The maximum atomic E-state index is 12.7. The maximum absolute atomic E-state index is 12.7. The summed E-state index contributed by atoms with van der Waals surface area (Å²) in [5.41, 5.74) is 1.69. The summed E-state index contributed by atoms with van der Waals surface area (Å²) in [4.78, 5) is 38.3. The summed E-state index contributed by atoms with van der Waals surface area (Å²) in [7, 11) is 0. The maximum Gasteiger partial charge on any atom is 0.325 e. The van der Waals surface area contributed by atoms with Gasteiger partial charge in [-0.15, -0.1) is 0 Å². The zero-order valence-electron chi connectivity index (χ0n) is 15.8. The molecule has 1 saturated heterocycles. The molecule has 0 aromatic heterocycles. The molecule has 3 rings (SSSR count). The van der Waals surface area contributed by atoms with Crippen LogP contribution in [0.25, 0.3) is 0 Å². The number of carbonyl (C=O) groups is 3. The number of rotatable bonds is 7. The second kappa shape index (κ2) is 9.29. The van der Waals surface area contributed by atoms with Gasteiger partial charge in [0.05, 0.1) is 16.1 Å². The van der Waals surface area contributed by atoms with Gasteiger partial charge in [-0.05, 0) is 36.6 Å². The average Bonchev–Trinajstić information content (AvgIpc) is 3.00. The average molecular weight is 434 g/mol. The van der Waals surface area contributed by atoms with Crippen LogP contribution in [0.1, 0.15) is 36.9 Å². The minimum Gasteiger partial charge on any atom is -0.352 e. The SMILES string of the molecule is C[C@H](c1ccccc1)N1C(=O)N[C@H](CCC(=O)NCc2ccc(Cl)c(Cl)c2)C1=O. The second-order valence-electron chi connectivity index (χ2n) is 6.86. The van der Waals surface area contributed by atoms with Crippen LogP contribution < -0.4 is 10.6 Å². The van der Waals surface area contributed by atoms with Crippen molar-refractivity contribution in [3.05, 3.63) is 69.7 Å². The number of amides is 4. The lowest BCUT2D eigenvalue weighted by Crippen LogP contribution is -2.34. The summed E-state index contributed by atoms with van der Waals surface area (Å²) in [5.74, 6) is -0.531. The Morgan fingerprint density at radius 2 is 1.86 bits per heavy atom. The molecular weight excluding hydrogens is 413 g/mol. The fourth-order valence-corrected chi connectivity index (χ4v) is 3.53. The van der Waals surface area contributed by atoms with Gasteiger partial charge in [0, 0.05) is 13.0 Å². The molecule has 152 valence electrons. The fourth-order valence-electron chi connectivity index (χ4n) is 3.21. The number of urea groups is 1. The minimum absolute atomic E-state index is 0.117. The molecule has 1 heterocycles. The van der Waals surface area contributed by atoms with Crippen LogP contribution in [0.3, 0.4) is 0 Å². The van der Waals surface area contributed by atoms with Crippen LogP contribution in [0.2, 0.25) is 10.0 Å². The zero-order chi connectivity index (χ0) is 21.0. The van der Waals surface area contributed by atoms with Crippen molar-refractivity contribution in [3.8, 4) is 0 Å². The van der Waals surface area contributed by atoms with E-state index in [1.54, 1.807) is 25.1 Å². The first kappa shape index (κ1) is 21.1. The number of halogens is 2. The molecule has 6 nitrogen and oxygen atoms in total. The Balaban J connectivity index is 1.51. The second-order valence-corrected chi connectivity index (χ2v) is 7.68.